The van der Waals surface area contributed by atoms with Crippen LogP contribution < -0.4 is 15.6 Å². The van der Waals surface area contributed by atoms with E-state index in [0.717, 1.165) is 10.6 Å². The molecule has 0 aliphatic heterocycles. The molecule has 0 aliphatic rings. The van der Waals surface area contributed by atoms with Gasteiger partial charge in [-0.2, -0.15) is 5.26 Å². The zero-order valence-corrected chi connectivity index (χ0v) is 15.7. The quantitative estimate of drug-likeness (QED) is 0.650. The molecule has 0 bridgehead atoms. The second kappa shape index (κ2) is 8.79. The number of hydrazine groups is 1. The van der Waals surface area contributed by atoms with Gasteiger partial charge in [-0.3, -0.25) is 20.4 Å². The number of hydrogen-bond donors (Lipinski definition) is 2. The van der Waals surface area contributed by atoms with Crippen LogP contribution >= 0.6 is 11.3 Å². The van der Waals surface area contributed by atoms with E-state index in [-0.39, 0.29) is 6.61 Å². The van der Waals surface area contributed by atoms with Crippen LogP contribution in [0.25, 0.3) is 10.6 Å². The first-order valence-electron chi connectivity index (χ1n) is 8.32. The normalized spacial score (nSPS) is 10.0. The van der Waals surface area contributed by atoms with E-state index in [0.29, 0.717) is 21.9 Å². The van der Waals surface area contributed by atoms with Crippen LogP contribution in [0.2, 0.25) is 0 Å². The van der Waals surface area contributed by atoms with Crippen molar-refractivity contribution in [2.24, 2.45) is 0 Å². The fraction of sp³-hybridized carbons (Fsp3) is 0.100. The number of nitrogens with one attached hydrogen (secondary N) is 2. The molecule has 0 unspecified atom stereocenters. The summed E-state index contributed by atoms with van der Waals surface area (Å²) in [6.07, 6.45) is 0. The van der Waals surface area contributed by atoms with Gasteiger partial charge < -0.3 is 4.74 Å². The largest absolute Gasteiger partial charge is 0.484 e. The molecule has 3 rings (SSSR count). The van der Waals surface area contributed by atoms with E-state index >= 15 is 0 Å². The van der Waals surface area contributed by atoms with Crippen molar-refractivity contribution in [3.63, 3.8) is 0 Å². The predicted molar refractivity (Wildman–Crippen MR) is 105 cm³/mol. The van der Waals surface area contributed by atoms with Crippen LogP contribution in [0.4, 0.5) is 0 Å². The van der Waals surface area contributed by atoms with Crippen molar-refractivity contribution >= 4 is 23.2 Å². The van der Waals surface area contributed by atoms with E-state index in [1.165, 1.54) is 17.4 Å². The Bertz CT molecular complexity index is 1040. The van der Waals surface area contributed by atoms with Gasteiger partial charge in [0, 0.05) is 5.56 Å². The van der Waals surface area contributed by atoms with Crippen molar-refractivity contribution < 1.29 is 14.3 Å². The van der Waals surface area contributed by atoms with Crippen molar-refractivity contribution in [2.75, 3.05) is 6.61 Å². The summed E-state index contributed by atoms with van der Waals surface area (Å²) in [6, 6.07) is 18.0. The summed E-state index contributed by atoms with van der Waals surface area (Å²) in [5, 5.41) is 9.59. The van der Waals surface area contributed by atoms with Gasteiger partial charge in [-0.15, -0.1) is 11.3 Å². The molecule has 7 nitrogen and oxygen atoms in total. The molecule has 2 N–H and O–H groups in total. The molecular formula is C20H16N4O3S. The third-order valence-electron chi connectivity index (χ3n) is 3.67. The molecule has 1 heterocycles. The monoisotopic (exact) mass is 392 g/mol. The first-order valence-corrected chi connectivity index (χ1v) is 9.13. The second-order valence-electron chi connectivity index (χ2n) is 5.73. The molecule has 0 spiro atoms. The molecule has 28 heavy (non-hydrogen) atoms. The Balaban J connectivity index is 1.54. The Kier molecular flexibility index (Phi) is 5.99. The first-order chi connectivity index (χ1) is 13.6. The van der Waals surface area contributed by atoms with E-state index < -0.39 is 11.8 Å². The van der Waals surface area contributed by atoms with E-state index in [2.05, 4.69) is 15.8 Å². The number of ether oxygens (including phenoxy) is 1. The molecule has 3 aromatic rings. The highest BCUT2D eigenvalue weighted by molar-refractivity contribution is 7.17. The smallest absolute Gasteiger partial charge is 0.281 e. The number of carbonyl (C=O) groups excluding carboxylic acids is 2. The maximum absolute atomic E-state index is 12.3. The fourth-order valence-corrected chi connectivity index (χ4v) is 3.30. The zero-order valence-electron chi connectivity index (χ0n) is 14.9. The number of thiazole rings is 1. The number of carbonyl (C=O) groups is 2. The van der Waals surface area contributed by atoms with Gasteiger partial charge in [-0.1, -0.05) is 36.4 Å². The number of nitriles is 1. The standard InChI is InChI=1S/C20H16N4O3S/c1-13-18(28-20(22-13)15-7-3-2-4-8-15)19(26)24-23-17(25)12-27-16-9-5-6-14(10-16)11-21/h2-10H,12H2,1H3,(H,23,25)(H,24,26). The highest BCUT2D eigenvalue weighted by Gasteiger charge is 2.16. The number of aromatic nitrogens is 1. The van der Waals surface area contributed by atoms with Crippen molar-refractivity contribution in [3.05, 3.63) is 70.7 Å². The lowest BCUT2D eigenvalue weighted by atomic mass is 10.2. The summed E-state index contributed by atoms with van der Waals surface area (Å²) in [7, 11) is 0. The lowest BCUT2D eigenvalue weighted by Crippen LogP contribution is -2.43. The van der Waals surface area contributed by atoms with Gasteiger partial charge in [0.2, 0.25) is 0 Å². The number of hydrogen-bond acceptors (Lipinski definition) is 6. The van der Waals surface area contributed by atoms with Crippen molar-refractivity contribution in [1.82, 2.24) is 15.8 Å². The average molecular weight is 392 g/mol. The van der Waals surface area contributed by atoms with E-state index in [4.69, 9.17) is 10.00 Å². The third-order valence-corrected chi connectivity index (χ3v) is 4.88. The van der Waals surface area contributed by atoms with E-state index in [9.17, 15) is 9.59 Å². The highest BCUT2D eigenvalue weighted by Crippen LogP contribution is 2.27. The van der Waals surface area contributed by atoms with Crippen LogP contribution in [0, 0.1) is 18.3 Å². The molecule has 0 radical (unpaired) electrons. The third kappa shape index (κ3) is 4.72. The fourth-order valence-electron chi connectivity index (χ4n) is 2.33. The minimum atomic E-state index is -0.527. The van der Waals surface area contributed by atoms with Crippen molar-refractivity contribution in [1.29, 1.82) is 5.26 Å². The number of rotatable bonds is 5. The maximum Gasteiger partial charge on any atom is 0.281 e. The van der Waals surface area contributed by atoms with Crippen LogP contribution in [0.3, 0.4) is 0 Å². The topological polar surface area (TPSA) is 104 Å². The minimum Gasteiger partial charge on any atom is -0.484 e. The maximum atomic E-state index is 12.3. The molecule has 0 saturated carbocycles. The number of aryl methyl sites for hydroxylation is 1. The van der Waals surface area contributed by atoms with Crippen molar-refractivity contribution in [3.8, 4) is 22.4 Å². The van der Waals surface area contributed by atoms with Gasteiger partial charge in [0.1, 0.15) is 15.6 Å². The lowest BCUT2D eigenvalue weighted by molar-refractivity contribution is -0.123. The highest BCUT2D eigenvalue weighted by atomic mass is 32.1. The predicted octanol–water partition coefficient (Wildman–Crippen LogP) is 2.83. The second-order valence-corrected chi connectivity index (χ2v) is 6.73. The Morgan fingerprint density at radius 3 is 2.68 bits per heavy atom. The Morgan fingerprint density at radius 1 is 1.14 bits per heavy atom. The van der Waals surface area contributed by atoms with E-state index in [1.54, 1.807) is 25.1 Å². The average Bonchev–Trinajstić information content (AvgIpc) is 3.13. The molecule has 0 aliphatic carbocycles. The SMILES string of the molecule is Cc1nc(-c2ccccc2)sc1C(=O)NNC(=O)COc1cccc(C#N)c1. The summed E-state index contributed by atoms with van der Waals surface area (Å²) in [5.74, 6) is -0.579. The number of nitrogens with zero attached hydrogens (tertiary/aromatic N) is 2. The first kappa shape index (κ1) is 19.1. The Morgan fingerprint density at radius 2 is 1.93 bits per heavy atom. The number of benzene rings is 2. The Labute approximate surface area is 165 Å². The van der Waals surface area contributed by atoms with Crippen LogP contribution in [-0.4, -0.2) is 23.4 Å². The van der Waals surface area contributed by atoms with Gasteiger partial charge in [-0.05, 0) is 25.1 Å². The molecule has 0 saturated heterocycles. The molecule has 8 heteroatoms. The number of amides is 2. The molecule has 2 aromatic carbocycles. The summed E-state index contributed by atoms with van der Waals surface area (Å²) in [6.45, 7) is 1.44. The van der Waals surface area contributed by atoms with Crippen LogP contribution in [0.1, 0.15) is 20.9 Å². The molecule has 140 valence electrons. The van der Waals surface area contributed by atoms with Gasteiger partial charge in [0.25, 0.3) is 11.8 Å². The lowest BCUT2D eigenvalue weighted by Gasteiger charge is -2.08. The molecule has 2 amide bonds. The Hall–Kier alpha value is -3.70. The van der Waals surface area contributed by atoms with Gasteiger partial charge in [-0.25, -0.2) is 4.98 Å². The molecule has 1 aromatic heterocycles. The summed E-state index contributed by atoms with van der Waals surface area (Å²) in [5.41, 5.74) is 6.61. The molecular weight excluding hydrogens is 376 g/mol. The molecule has 0 atom stereocenters. The van der Waals surface area contributed by atoms with Crippen LogP contribution in [0.5, 0.6) is 5.75 Å². The summed E-state index contributed by atoms with van der Waals surface area (Å²) in [4.78, 5) is 29.1. The van der Waals surface area contributed by atoms with Gasteiger partial charge >= 0.3 is 0 Å². The van der Waals surface area contributed by atoms with Crippen molar-refractivity contribution in [2.45, 2.75) is 6.92 Å². The molecule has 0 fully saturated rings. The van der Waals surface area contributed by atoms with Gasteiger partial charge in [0.15, 0.2) is 6.61 Å². The van der Waals surface area contributed by atoms with Gasteiger partial charge in [0.05, 0.1) is 17.3 Å². The van der Waals surface area contributed by atoms with Crippen LogP contribution in [-0.2, 0) is 4.79 Å². The minimum absolute atomic E-state index is 0.300. The van der Waals surface area contributed by atoms with E-state index in [1.807, 2.05) is 36.4 Å². The summed E-state index contributed by atoms with van der Waals surface area (Å²) >= 11 is 1.25. The van der Waals surface area contributed by atoms with Crippen LogP contribution in [0.15, 0.2) is 54.6 Å². The summed E-state index contributed by atoms with van der Waals surface area (Å²) < 4.78 is 5.31. The zero-order chi connectivity index (χ0) is 19.9.